The first kappa shape index (κ1) is 12.4. The normalized spacial score (nSPS) is 22.4. The van der Waals surface area contributed by atoms with Crippen LogP contribution in [0.2, 0.25) is 0 Å². The summed E-state index contributed by atoms with van der Waals surface area (Å²) in [4.78, 5) is 8.64. The van der Waals surface area contributed by atoms with Crippen molar-refractivity contribution in [2.75, 3.05) is 19.8 Å². The Bertz CT molecular complexity index is 336. The zero-order chi connectivity index (χ0) is 12.1. The Labute approximate surface area is 101 Å². The van der Waals surface area contributed by atoms with Gasteiger partial charge < -0.3 is 15.2 Å². The second-order valence-electron chi connectivity index (χ2n) is 4.26. The first-order valence-corrected chi connectivity index (χ1v) is 6.05. The van der Waals surface area contributed by atoms with Gasteiger partial charge in [-0.25, -0.2) is 9.97 Å². The summed E-state index contributed by atoms with van der Waals surface area (Å²) in [6, 6.07) is 0.179. The molecule has 2 rings (SSSR count). The molecular formula is C12H19N3O2. The lowest BCUT2D eigenvalue weighted by Crippen LogP contribution is -2.24. The predicted octanol–water partition coefficient (Wildman–Crippen LogP) is 0.844. The average molecular weight is 237 g/mol. The van der Waals surface area contributed by atoms with Crippen LogP contribution in [-0.4, -0.2) is 35.8 Å². The fourth-order valence-corrected chi connectivity index (χ4v) is 1.72. The third-order valence-corrected chi connectivity index (χ3v) is 2.85. The van der Waals surface area contributed by atoms with Crippen LogP contribution >= 0.6 is 0 Å². The standard InChI is InChI=1S/C12H19N3O2/c1-2-10(13)5-9-6-14-12(15-7-9)11-8-16-3-4-17-11/h6-7,10-11H,2-5,8,13H2,1H3. The molecule has 2 N–H and O–H groups in total. The molecule has 5 heteroatoms. The maximum atomic E-state index is 5.89. The zero-order valence-corrected chi connectivity index (χ0v) is 10.1. The summed E-state index contributed by atoms with van der Waals surface area (Å²) in [6.07, 6.45) is 5.31. The molecule has 0 amide bonds. The molecule has 2 heterocycles. The first-order valence-electron chi connectivity index (χ1n) is 6.05. The number of hydrogen-bond acceptors (Lipinski definition) is 5. The molecule has 0 aliphatic carbocycles. The van der Waals surface area contributed by atoms with Gasteiger partial charge in [0.25, 0.3) is 0 Å². The van der Waals surface area contributed by atoms with E-state index in [0.717, 1.165) is 18.4 Å². The van der Waals surface area contributed by atoms with E-state index >= 15 is 0 Å². The van der Waals surface area contributed by atoms with Gasteiger partial charge in [-0.2, -0.15) is 0 Å². The fourth-order valence-electron chi connectivity index (χ4n) is 1.72. The summed E-state index contributed by atoms with van der Waals surface area (Å²) in [5.74, 6) is 0.693. The summed E-state index contributed by atoms with van der Waals surface area (Å²) >= 11 is 0. The summed E-state index contributed by atoms with van der Waals surface area (Å²) in [7, 11) is 0. The molecule has 0 aromatic carbocycles. The number of ether oxygens (including phenoxy) is 2. The molecule has 0 saturated carbocycles. The van der Waals surface area contributed by atoms with E-state index in [1.807, 2.05) is 12.4 Å². The maximum Gasteiger partial charge on any atom is 0.159 e. The second-order valence-corrected chi connectivity index (χ2v) is 4.26. The lowest BCUT2D eigenvalue weighted by Gasteiger charge is -2.21. The topological polar surface area (TPSA) is 70.3 Å². The van der Waals surface area contributed by atoms with Gasteiger partial charge in [0.15, 0.2) is 5.82 Å². The van der Waals surface area contributed by atoms with E-state index in [4.69, 9.17) is 15.2 Å². The van der Waals surface area contributed by atoms with E-state index in [2.05, 4.69) is 16.9 Å². The molecule has 1 aliphatic rings. The van der Waals surface area contributed by atoms with Gasteiger partial charge in [0.1, 0.15) is 6.10 Å². The van der Waals surface area contributed by atoms with E-state index < -0.39 is 0 Å². The van der Waals surface area contributed by atoms with Gasteiger partial charge in [-0.3, -0.25) is 0 Å². The van der Waals surface area contributed by atoms with Crippen molar-refractivity contribution in [1.29, 1.82) is 0 Å². The van der Waals surface area contributed by atoms with Gasteiger partial charge in [0.2, 0.25) is 0 Å². The van der Waals surface area contributed by atoms with Gasteiger partial charge in [-0.1, -0.05) is 6.92 Å². The lowest BCUT2D eigenvalue weighted by molar-refractivity contribution is -0.0935. The van der Waals surface area contributed by atoms with Gasteiger partial charge in [-0.05, 0) is 18.4 Å². The average Bonchev–Trinajstić information content (AvgIpc) is 2.40. The van der Waals surface area contributed by atoms with E-state index in [9.17, 15) is 0 Å². The van der Waals surface area contributed by atoms with Crippen molar-refractivity contribution in [3.63, 3.8) is 0 Å². The minimum absolute atomic E-state index is 0.127. The van der Waals surface area contributed by atoms with E-state index in [1.54, 1.807) is 0 Å². The third kappa shape index (κ3) is 3.46. The van der Waals surface area contributed by atoms with Crippen LogP contribution in [0, 0.1) is 0 Å². The second kappa shape index (κ2) is 6.05. The smallest absolute Gasteiger partial charge is 0.159 e. The Kier molecular flexibility index (Phi) is 4.42. The van der Waals surface area contributed by atoms with Crippen LogP contribution in [-0.2, 0) is 15.9 Å². The van der Waals surface area contributed by atoms with Crippen molar-refractivity contribution in [2.45, 2.75) is 31.9 Å². The molecule has 0 bridgehead atoms. The summed E-state index contributed by atoms with van der Waals surface area (Å²) < 4.78 is 10.9. The highest BCUT2D eigenvalue weighted by Crippen LogP contribution is 2.16. The highest BCUT2D eigenvalue weighted by Gasteiger charge is 2.19. The van der Waals surface area contributed by atoms with E-state index in [1.165, 1.54) is 0 Å². The fraction of sp³-hybridized carbons (Fsp3) is 0.667. The van der Waals surface area contributed by atoms with Gasteiger partial charge >= 0.3 is 0 Å². The minimum Gasteiger partial charge on any atom is -0.376 e. The van der Waals surface area contributed by atoms with Crippen molar-refractivity contribution in [1.82, 2.24) is 9.97 Å². The largest absolute Gasteiger partial charge is 0.376 e. The minimum atomic E-state index is -0.127. The highest BCUT2D eigenvalue weighted by molar-refractivity contribution is 5.08. The molecule has 1 fully saturated rings. The maximum absolute atomic E-state index is 5.89. The van der Waals surface area contributed by atoms with Crippen LogP contribution < -0.4 is 5.73 Å². The first-order chi connectivity index (χ1) is 8.29. The quantitative estimate of drug-likeness (QED) is 0.840. The Morgan fingerprint density at radius 2 is 2.18 bits per heavy atom. The van der Waals surface area contributed by atoms with Crippen molar-refractivity contribution in [3.05, 3.63) is 23.8 Å². The lowest BCUT2D eigenvalue weighted by atomic mass is 10.1. The Morgan fingerprint density at radius 3 is 2.76 bits per heavy atom. The highest BCUT2D eigenvalue weighted by atomic mass is 16.6. The molecule has 2 atom stereocenters. The van der Waals surface area contributed by atoms with E-state index in [0.29, 0.717) is 25.6 Å². The Morgan fingerprint density at radius 1 is 1.41 bits per heavy atom. The monoisotopic (exact) mass is 237 g/mol. The Hall–Kier alpha value is -1.04. The molecule has 0 spiro atoms. The van der Waals surface area contributed by atoms with Crippen LogP contribution in [0.4, 0.5) is 0 Å². The van der Waals surface area contributed by atoms with Crippen molar-refractivity contribution in [2.24, 2.45) is 5.73 Å². The van der Waals surface area contributed by atoms with Crippen LogP contribution in [0.3, 0.4) is 0 Å². The van der Waals surface area contributed by atoms with E-state index in [-0.39, 0.29) is 12.1 Å². The number of nitrogens with zero attached hydrogens (tertiary/aromatic N) is 2. The molecule has 1 aliphatic heterocycles. The van der Waals surface area contributed by atoms with Crippen LogP contribution in [0.5, 0.6) is 0 Å². The van der Waals surface area contributed by atoms with Gasteiger partial charge in [-0.15, -0.1) is 0 Å². The Balaban J connectivity index is 1.97. The SMILES string of the molecule is CCC(N)Cc1cnc(C2COCCO2)nc1. The van der Waals surface area contributed by atoms with Crippen molar-refractivity contribution >= 4 is 0 Å². The number of hydrogen-bond donors (Lipinski definition) is 1. The summed E-state index contributed by atoms with van der Waals surface area (Å²) in [5.41, 5.74) is 6.95. The molecule has 1 aromatic heterocycles. The van der Waals surface area contributed by atoms with Gasteiger partial charge in [0.05, 0.1) is 19.8 Å². The molecule has 5 nitrogen and oxygen atoms in total. The number of aromatic nitrogens is 2. The molecule has 17 heavy (non-hydrogen) atoms. The number of nitrogens with two attached hydrogens (primary N) is 1. The molecule has 94 valence electrons. The van der Waals surface area contributed by atoms with Gasteiger partial charge in [0, 0.05) is 18.4 Å². The zero-order valence-electron chi connectivity index (χ0n) is 10.1. The number of rotatable bonds is 4. The molecule has 1 aromatic rings. The molecule has 0 radical (unpaired) electrons. The predicted molar refractivity (Wildman–Crippen MR) is 63.5 cm³/mol. The van der Waals surface area contributed by atoms with Crippen LogP contribution in [0.25, 0.3) is 0 Å². The third-order valence-electron chi connectivity index (χ3n) is 2.85. The van der Waals surface area contributed by atoms with Crippen molar-refractivity contribution < 1.29 is 9.47 Å². The molecule has 1 saturated heterocycles. The van der Waals surface area contributed by atoms with Crippen LogP contribution in [0.1, 0.15) is 30.8 Å². The van der Waals surface area contributed by atoms with Crippen molar-refractivity contribution in [3.8, 4) is 0 Å². The summed E-state index contributed by atoms with van der Waals surface area (Å²) in [6.45, 7) is 3.87. The molecule has 2 unspecified atom stereocenters. The van der Waals surface area contributed by atoms with Crippen LogP contribution in [0.15, 0.2) is 12.4 Å². The summed E-state index contributed by atoms with van der Waals surface area (Å²) in [5, 5.41) is 0. The molecular weight excluding hydrogens is 218 g/mol.